The van der Waals surface area contributed by atoms with Gasteiger partial charge in [0.25, 0.3) is 0 Å². The molecule has 0 aliphatic heterocycles. The van der Waals surface area contributed by atoms with E-state index >= 15 is 0 Å². The standard InChI is InChI=1S/C15H24N2O2S/c1-3-5-9-17(4-2)10-12-16-13(11-7-6-8-11)14(20-12)15(18)19/h11H,3-10H2,1-2H3,(H,18,19). The minimum Gasteiger partial charge on any atom is -0.477 e. The van der Waals surface area contributed by atoms with Gasteiger partial charge in [-0.1, -0.05) is 26.7 Å². The smallest absolute Gasteiger partial charge is 0.347 e. The van der Waals surface area contributed by atoms with Crippen LogP contribution in [0.25, 0.3) is 0 Å². The van der Waals surface area contributed by atoms with Crippen LogP contribution >= 0.6 is 11.3 Å². The maximum Gasteiger partial charge on any atom is 0.347 e. The van der Waals surface area contributed by atoms with Gasteiger partial charge in [-0.15, -0.1) is 11.3 Å². The molecule has 1 saturated carbocycles. The molecule has 4 nitrogen and oxygen atoms in total. The molecule has 112 valence electrons. The number of carboxylic acids is 1. The maximum atomic E-state index is 11.4. The average molecular weight is 296 g/mol. The van der Waals surface area contributed by atoms with Crippen molar-refractivity contribution in [2.24, 2.45) is 0 Å². The van der Waals surface area contributed by atoms with E-state index in [0.29, 0.717) is 10.8 Å². The molecule has 0 bridgehead atoms. The van der Waals surface area contributed by atoms with Crippen molar-refractivity contribution in [3.8, 4) is 0 Å². The van der Waals surface area contributed by atoms with E-state index in [-0.39, 0.29) is 0 Å². The van der Waals surface area contributed by atoms with Gasteiger partial charge in [-0.3, -0.25) is 4.90 Å². The zero-order chi connectivity index (χ0) is 14.5. The first-order chi connectivity index (χ1) is 9.65. The number of thiazole rings is 1. The Morgan fingerprint density at radius 3 is 2.70 bits per heavy atom. The number of unbranched alkanes of at least 4 members (excludes halogenated alkanes) is 1. The fourth-order valence-electron chi connectivity index (χ4n) is 2.48. The fraction of sp³-hybridized carbons (Fsp3) is 0.733. The molecule has 0 spiro atoms. The summed E-state index contributed by atoms with van der Waals surface area (Å²) in [6.07, 6.45) is 5.75. The number of nitrogens with zero attached hydrogens (tertiary/aromatic N) is 2. The predicted molar refractivity (Wildman–Crippen MR) is 81.5 cm³/mol. The molecule has 5 heteroatoms. The van der Waals surface area contributed by atoms with Crippen LogP contribution in [-0.4, -0.2) is 34.0 Å². The van der Waals surface area contributed by atoms with Crippen molar-refractivity contribution in [2.75, 3.05) is 13.1 Å². The molecule has 2 rings (SSSR count). The third-order valence-electron chi connectivity index (χ3n) is 4.02. The first-order valence-corrected chi connectivity index (χ1v) is 8.42. The molecule has 0 saturated heterocycles. The van der Waals surface area contributed by atoms with Crippen molar-refractivity contribution in [2.45, 2.75) is 58.4 Å². The van der Waals surface area contributed by atoms with Crippen molar-refractivity contribution >= 4 is 17.3 Å². The van der Waals surface area contributed by atoms with Gasteiger partial charge in [-0.05, 0) is 32.4 Å². The highest BCUT2D eigenvalue weighted by Crippen LogP contribution is 2.39. The highest BCUT2D eigenvalue weighted by Gasteiger charge is 2.28. The summed E-state index contributed by atoms with van der Waals surface area (Å²) in [6.45, 7) is 7.17. The van der Waals surface area contributed by atoms with Gasteiger partial charge in [-0.25, -0.2) is 9.78 Å². The second-order valence-corrected chi connectivity index (χ2v) is 6.56. The zero-order valence-corrected chi connectivity index (χ0v) is 13.2. The van der Waals surface area contributed by atoms with Gasteiger partial charge < -0.3 is 5.11 Å². The Morgan fingerprint density at radius 1 is 1.45 bits per heavy atom. The van der Waals surface area contributed by atoms with Crippen LogP contribution in [0, 0.1) is 0 Å². The third-order valence-corrected chi connectivity index (χ3v) is 5.06. The molecule has 0 radical (unpaired) electrons. The second kappa shape index (κ2) is 7.18. The van der Waals surface area contributed by atoms with Crippen LogP contribution in [0.3, 0.4) is 0 Å². The Hall–Kier alpha value is -0.940. The molecular formula is C15H24N2O2S. The summed E-state index contributed by atoms with van der Waals surface area (Å²) >= 11 is 1.37. The SMILES string of the molecule is CCCCN(CC)Cc1nc(C2CCC2)c(C(=O)O)s1. The lowest BCUT2D eigenvalue weighted by atomic mass is 9.82. The first-order valence-electron chi connectivity index (χ1n) is 7.60. The Kier molecular flexibility index (Phi) is 5.54. The molecule has 1 aromatic heterocycles. The van der Waals surface area contributed by atoms with Crippen LogP contribution in [0.5, 0.6) is 0 Å². The molecule has 1 aliphatic rings. The molecule has 1 heterocycles. The van der Waals surface area contributed by atoms with Gasteiger partial charge in [0, 0.05) is 5.92 Å². The van der Waals surface area contributed by atoms with E-state index in [9.17, 15) is 9.90 Å². The molecule has 0 unspecified atom stereocenters. The third kappa shape index (κ3) is 3.58. The number of rotatable bonds is 8. The Bertz CT molecular complexity index is 455. The fourth-order valence-corrected chi connectivity index (χ4v) is 3.51. The highest BCUT2D eigenvalue weighted by molar-refractivity contribution is 7.13. The second-order valence-electron chi connectivity index (χ2n) is 5.48. The summed E-state index contributed by atoms with van der Waals surface area (Å²) in [5.74, 6) is -0.427. The number of hydrogen-bond donors (Lipinski definition) is 1. The minimum atomic E-state index is -0.813. The van der Waals surface area contributed by atoms with Crippen LogP contribution in [0.1, 0.15) is 72.2 Å². The minimum absolute atomic E-state index is 0.386. The lowest BCUT2D eigenvalue weighted by Crippen LogP contribution is -2.24. The van der Waals surface area contributed by atoms with Gasteiger partial charge in [0.1, 0.15) is 9.88 Å². The van der Waals surface area contributed by atoms with E-state index in [0.717, 1.165) is 43.2 Å². The van der Waals surface area contributed by atoms with E-state index in [1.165, 1.54) is 30.6 Å². The van der Waals surface area contributed by atoms with Gasteiger partial charge in [0.05, 0.1) is 12.2 Å². The monoisotopic (exact) mass is 296 g/mol. The van der Waals surface area contributed by atoms with Crippen molar-refractivity contribution in [1.82, 2.24) is 9.88 Å². The molecule has 1 aliphatic carbocycles. The summed E-state index contributed by atoms with van der Waals surface area (Å²) in [5, 5.41) is 10.3. The van der Waals surface area contributed by atoms with Crippen molar-refractivity contribution in [3.05, 3.63) is 15.6 Å². The van der Waals surface area contributed by atoms with E-state index in [4.69, 9.17) is 0 Å². The van der Waals surface area contributed by atoms with Crippen LogP contribution in [-0.2, 0) is 6.54 Å². The first kappa shape index (κ1) is 15.4. The van der Waals surface area contributed by atoms with Gasteiger partial charge in [0.2, 0.25) is 0 Å². The van der Waals surface area contributed by atoms with Crippen molar-refractivity contribution < 1.29 is 9.90 Å². The van der Waals surface area contributed by atoms with Crippen molar-refractivity contribution in [3.63, 3.8) is 0 Å². The van der Waals surface area contributed by atoms with Gasteiger partial charge in [0.15, 0.2) is 0 Å². The summed E-state index contributed by atoms with van der Waals surface area (Å²) in [5.41, 5.74) is 0.843. The molecule has 1 N–H and O–H groups in total. The Balaban J connectivity index is 2.09. The molecule has 20 heavy (non-hydrogen) atoms. The normalized spacial score (nSPS) is 15.6. The van der Waals surface area contributed by atoms with Gasteiger partial charge in [-0.2, -0.15) is 0 Å². The summed E-state index contributed by atoms with van der Waals surface area (Å²) < 4.78 is 0. The van der Waals surface area contributed by atoms with Crippen LogP contribution in [0.15, 0.2) is 0 Å². The molecule has 0 amide bonds. The lowest BCUT2D eigenvalue weighted by Gasteiger charge is -2.24. The predicted octanol–water partition coefficient (Wildman–Crippen LogP) is 3.73. The average Bonchev–Trinajstić information content (AvgIpc) is 2.76. The number of hydrogen-bond acceptors (Lipinski definition) is 4. The largest absolute Gasteiger partial charge is 0.477 e. The summed E-state index contributed by atoms with van der Waals surface area (Å²) in [7, 11) is 0. The van der Waals surface area contributed by atoms with Crippen LogP contribution < -0.4 is 0 Å². The highest BCUT2D eigenvalue weighted by atomic mass is 32.1. The molecular weight excluding hydrogens is 272 g/mol. The summed E-state index contributed by atoms with van der Waals surface area (Å²) in [6, 6.07) is 0. The van der Waals surface area contributed by atoms with Gasteiger partial charge >= 0.3 is 5.97 Å². The lowest BCUT2D eigenvalue weighted by molar-refractivity contribution is 0.0699. The zero-order valence-electron chi connectivity index (χ0n) is 12.4. The Morgan fingerprint density at radius 2 is 2.20 bits per heavy atom. The number of carboxylic acid groups (broad SMARTS) is 1. The summed E-state index contributed by atoms with van der Waals surface area (Å²) in [4.78, 5) is 18.8. The molecule has 1 aromatic rings. The van der Waals surface area contributed by atoms with E-state index in [1.54, 1.807) is 0 Å². The molecule has 0 aromatic carbocycles. The number of aromatic carboxylic acids is 1. The van der Waals surface area contributed by atoms with Crippen LogP contribution in [0.2, 0.25) is 0 Å². The number of carbonyl (C=O) groups is 1. The molecule has 0 atom stereocenters. The molecule has 1 fully saturated rings. The van der Waals surface area contributed by atoms with E-state index in [2.05, 4.69) is 23.7 Å². The van der Waals surface area contributed by atoms with Crippen molar-refractivity contribution in [1.29, 1.82) is 0 Å². The number of aromatic nitrogens is 1. The van der Waals surface area contributed by atoms with E-state index in [1.807, 2.05) is 0 Å². The van der Waals surface area contributed by atoms with Crippen LogP contribution in [0.4, 0.5) is 0 Å². The maximum absolute atomic E-state index is 11.4. The quantitative estimate of drug-likeness (QED) is 0.794. The van der Waals surface area contributed by atoms with E-state index < -0.39 is 5.97 Å². The Labute approximate surface area is 124 Å². The topological polar surface area (TPSA) is 53.4 Å².